The van der Waals surface area contributed by atoms with Crippen molar-refractivity contribution in [1.29, 1.82) is 0 Å². The number of hydrogen-bond acceptors (Lipinski definition) is 3. The second kappa shape index (κ2) is 6.94. The fraction of sp³-hybridized carbons (Fsp3) is 0.188. The molecule has 0 aromatic heterocycles. The molecule has 0 bridgehead atoms. The van der Waals surface area contributed by atoms with Crippen molar-refractivity contribution in [2.75, 3.05) is 0 Å². The van der Waals surface area contributed by atoms with Crippen molar-refractivity contribution in [2.24, 2.45) is 11.0 Å². The highest BCUT2D eigenvalue weighted by atomic mass is 35.5. The van der Waals surface area contributed by atoms with Crippen molar-refractivity contribution in [3.63, 3.8) is 0 Å². The molecule has 0 aliphatic heterocycles. The summed E-state index contributed by atoms with van der Waals surface area (Å²) in [4.78, 5) is 2.41. The fourth-order valence-corrected chi connectivity index (χ4v) is 2.86. The van der Waals surface area contributed by atoms with Gasteiger partial charge in [-0.3, -0.25) is 0 Å². The number of nitrogens with one attached hydrogen (secondary N) is 1. The predicted octanol–water partition coefficient (Wildman–Crippen LogP) is 3.68. The maximum absolute atomic E-state index is 12.2. The molecule has 22 heavy (non-hydrogen) atoms. The second-order valence-corrected chi connectivity index (χ2v) is 7.16. The highest BCUT2D eigenvalue weighted by Crippen LogP contribution is 2.15. The van der Waals surface area contributed by atoms with Gasteiger partial charge in [-0.2, -0.15) is 18.4 Å². The number of rotatable bonds is 5. The first kappa shape index (κ1) is 16.5. The summed E-state index contributed by atoms with van der Waals surface area (Å²) >= 11 is 5.77. The monoisotopic (exact) mass is 336 g/mol. The van der Waals surface area contributed by atoms with Crippen molar-refractivity contribution in [3.05, 3.63) is 65.2 Å². The van der Waals surface area contributed by atoms with Gasteiger partial charge >= 0.3 is 0 Å². The lowest BCUT2D eigenvalue weighted by molar-refractivity contribution is 0.584. The van der Waals surface area contributed by atoms with Gasteiger partial charge in [0, 0.05) is 5.02 Å². The molecule has 0 spiro atoms. The number of sulfonamides is 1. The lowest BCUT2D eigenvalue weighted by Crippen LogP contribution is -2.22. The van der Waals surface area contributed by atoms with Crippen LogP contribution in [0.15, 0.2) is 64.6 Å². The van der Waals surface area contributed by atoms with E-state index in [9.17, 15) is 8.42 Å². The zero-order valence-electron chi connectivity index (χ0n) is 12.3. The van der Waals surface area contributed by atoms with E-state index in [1.165, 1.54) is 24.3 Å². The highest BCUT2D eigenvalue weighted by molar-refractivity contribution is 7.89. The molecule has 2 aromatic carbocycles. The van der Waals surface area contributed by atoms with Gasteiger partial charge in [0.2, 0.25) is 0 Å². The van der Waals surface area contributed by atoms with E-state index in [1.54, 1.807) is 0 Å². The molecule has 2 rings (SSSR count). The molecular weight excluding hydrogens is 320 g/mol. The number of hydrogen-bond donors (Lipinski definition) is 1. The zero-order valence-corrected chi connectivity index (χ0v) is 13.9. The van der Waals surface area contributed by atoms with E-state index < -0.39 is 10.0 Å². The first-order valence-corrected chi connectivity index (χ1v) is 8.66. The van der Waals surface area contributed by atoms with E-state index in [0.717, 1.165) is 5.56 Å². The van der Waals surface area contributed by atoms with Gasteiger partial charge in [-0.15, -0.1) is 0 Å². The first-order valence-electron chi connectivity index (χ1n) is 6.80. The maximum Gasteiger partial charge on any atom is 0.276 e. The van der Waals surface area contributed by atoms with Crippen LogP contribution in [-0.2, 0) is 10.0 Å². The molecule has 0 fully saturated rings. The molecule has 2 aromatic rings. The molecule has 0 aliphatic rings. The van der Waals surface area contributed by atoms with Gasteiger partial charge in [-0.25, -0.2) is 0 Å². The van der Waals surface area contributed by atoms with Crippen LogP contribution in [0.5, 0.6) is 0 Å². The van der Waals surface area contributed by atoms with Crippen LogP contribution in [-0.4, -0.2) is 14.1 Å². The minimum Gasteiger partial charge on any atom is -0.200 e. The molecule has 6 heteroatoms. The van der Waals surface area contributed by atoms with Crippen LogP contribution in [0.2, 0.25) is 5.02 Å². The van der Waals surface area contributed by atoms with Crippen LogP contribution in [0, 0.1) is 5.92 Å². The standard InChI is InChI=1S/C16H17ClN2O2S/c1-12(2)16(13-6-4-3-5-7-13)18-19-22(20,21)15-10-8-14(17)9-11-15/h3-12,19H,1-2H3/b18-16+. The minimum atomic E-state index is -3.71. The van der Waals surface area contributed by atoms with Crippen molar-refractivity contribution in [2.45, 2.75) is 18.7 Å². The lowest BCUT2D eigenvalue weighted by Gasteiger charge is -2.11. The largest absolute Gasteiger partial charge is 0.276 e. The van der Waals surface area contributed by atoms with Crippen LogP contribution < -0.4 is 4.83 Å². The summed E-state index contributed by atoms with van der Waals surface area (Å²) in [6.45, 7) is 3.92. The minimum absolute atomic E-state index is 0.0790. The number of benzene rings is 2. The topological polar surface area (TPSA) is 58.5 Å². The number of hydrazone groups is 1. The fourth-order valence-electron chi connectivity index (χ4n) is 1.91. The van der Waals surface area contributed by atoms with Crippen LogP contribution in [0.3, 0.4) is 0 Å². The Morgan fingerprint density at radius 2 is 1.64 bits per heavy atom. The van der Waals surface area contributed by atoms with Crippen LogP contribution in [0.4, 0.5) is 0 Å². The predicted molar refractivity (Wildman–Crippen MR) is 89.6 cm³/mol. The lowest BCUT2D eigenvalue weighted by atomic mass is 10.0. The summed E-state index contributed by atoms with van der Waals surface area (Å²) in [6.07, 6.45) is 0. The maximum atomic E-state index is 12.2. The van der Waals surface area contributed by atoms with Crippen LogP contribution in [0.25, 0.3) is 0 Å². The Morgan fingerprint density at radius 3 is 2.18 bits per heavy atom. The molecular formula is C16H17ClN2O2S. The molecule has 116 valence electrons. The third-order valence-electron chi connectivity index (χ3n) is 3.03. The highest BCUT2D eigenvalue weighted by Gasteiger charge is 2.15. The Bertz CT molecular complexity index is 754. The SMILES string of the molecule is CC(C)/C(=N\NS(=O)(=O)c1ccc(Cl)cc1)c1ccccc1. The van der Waals surface area contributed by atoms with Crippen LogP contribution >= 0.6 is 11.6 Å². The van der Waals surface area contributed by atoms with Crippen molar-refractivity contribution in [3.8, 4) is 0 Å². The molecule has 4 nitrogen and oxygen atoms in total. The summed E-state index contributed by atoms with van der Waals surface area (Å²) in [5.41, 5.74) is 1.56. The van der Waals surface area contributed by atoms with Gasteiger partial charge < -0.3 is 0 Å². The molecule has 0 aliphatic carbocycles. The molecule has 0 amide bonds. The Hall–Kier alpha value is -1.85. The van der Waals surface area contributed by atoms with Gasteiger partial charge in [0.15, 0.2) is 0 Å². The molecule has 0 radical (unpaired) electrons. The molecule has 0 saturated heterocycles. The number of nitrogens with zero attached hydrogens (tertiary/aromatic N) is 1. The average molecular weight is 337 g/mol. The summed E-state index contributed by atoms with van der Waals surface area (Å²) in [7, 11) is -3.71. The van der Waals surface area contributed by atoms with E-state index in [-0.39, 0.29) is 10.8 Å². The summed E-state index contributed by atoms with van der Waals surface area (Å²) in [5.74, 6) is 0.0790. The van der Waals surface area contributed by atoms with E-state index in [4.69, 9.17) is 11.6 Å². The van der Waals surface area contributed by atoms with E-state index >= 15 is 0 Å². The van der Waals surface area contributed by atoms with E-state index in [0.29, 0.717) is 10.7 Å². The Morgan fingerprint density at radius 1 is 1.05 bits per heavy atom. The van der Waals surface area contributed by atoms with Gasteiger partial charge in [0.25, 0.3) is 10.0 Å². The second-order valence-electron chi connectivity index (χ2n) is 5.07. The van der Waals surface area contributed by atoms with Crippen molar-refractivity contribution in [1.82, 2.24) is 4.83 Å². The van der Waals surface area contributed by atoms with Gasteiger partial charge in [0.1, 0.15) is 0 Å². The third-order valence-corrected chi connectivity index (χ3v) is 4.50. The zero-order chi connectivity index (χ0) is 16.2. The quantitative estimate of drug-likeness (QED) is 0.669. The smallest absolute Gasteiger partial charge is 0.200 e. The summed E-state index contributed by atoms with van der Waals surface area (Å²) < 4.78 is 24.5. The van der Waals surface area contributed by atoms with Crippen molar-refractivity contribution >= 4 is 27.3 Å². The summed E-state index contributed by atoms with van der Waals surface area (Å²) in [5, 5.41) is 4.59. The van der Waals surface area contributed by atoms with Gasteiger partial charge in [-0.1, -0.05) is 55.8 Å². The first-order chi connectivity index (χ1) is 10.4. The van der Waals surface area contributed by atoms with E-state index in [2.05, 4.69) is 9.93 Å². The van der Waals surface area contributed by atoms with Crippen molar-refractivity contribution < 1.29 is 8.42 Å². The molecule has 0 heterocycles. The molecule has 0 unspecified atom stereocenters. The van der Waals surface area contributed by atoms with E-state index in [1.807, 2.05) is 44.2 Å². The average Bonchev–Trinajstić information content (AvgIpc) is 2.48. The molecule has 0 saturated carbocycles. The van der Waals surface area contributed by atoms with Gasteiger partial charge in [0.05, 0.1) is 10.6 Å². The molecule has 1 N–H and O–H groups in total. The Labute approximate surface area is 135 Å². The normalized spacial score (nSPS) is 12.5. The Kier molecular flexibility index (Phi) is 5.21. The summed E-state index contributed by atoms with van der Waals surface area (Å²) in [6, 6.07) is 15.4. The third kappa shape index (κ3) is 4.08. The molecule has 0 atom stereocenters. The van der Waals surface area contributed by atoms with Gasteiger partial charge in [-0.05, 0) is 35.7 Å². The van der Waals surface area contributed by atoms with Crippen LogP contribution in [0.1, 0.15) is 19.4 Å². The Balaban J connectivity index is 2.29. The number of halogens is 1.